The quantitative estimate of drug-likeness (QED) is 0.737. The van der Waals surface area contributed by atoms with Gasteiger partial charge in [-0.2, -0.15) is 5.10 Å². The number of nitrogens with zero attached hydrogens (tertiary/aromatic N) is 5. The van der Waals surface area contributed by atoms with Crippen LogP contribution in [0.1, 0.15) is 16.4 Å². The van der Waals surface area contributed by atoms with Crippen LogP contribution in [0.15, 0.2) is 37.1 Å². The summed E-state index contributed by atoms with van der Waals surface area (Å²) in [5.41, 5.74) is 0.565. The van der Waals surface area contributed by atoms with Gasteiger partial charge < -0.3 is 5.32 Å². The Morgan fingerprint density at radius 3 is 2.90 bits per heavy atom. The Morgan fingerprint density at radius 2 is 2.20 bits per heavy atom. The maximum Gasteiger partial charge on any atom is 0.293 e. The van der Waals surface area contributed by atoms with Crippen molar-refractivity contribution < 1.29 is 4.79 Å². The Balaban J connectivity index is 1.95. The number of aromatic nitrogens is 6. The molecule has 0 aliphatic carbocycles. The van der Waals surface area contributed by atoms with E-state index in [2.05, 4.69) is 30.5 Å². The summed E-state index contributed by atoms with van der Waals surface area (Å²) >= 11 is 0. The number of nitrogens with one attached hydrogen (secondary N) is 2. The third-order valence-corrected chi connectivity index (χ3v) is 2.72. The second kappa shape index (κ2) is 4.92. The van der Waals surface area contributed by atoms with Gasteiger partial charge in [0.2, 0.25) is 5.82 Å². The Hall–Kier alpha value is -3.03. The highest BCUT2D eigenvalue weighted by Crippen LogP contribution is 2.18. The Morgan fingerprint density at radius 1 is 1.30 bits per heavy atom. The molecule has 3 aromatic rings. The summed E-state index contributed by atoms with van der Waals surface area (Å²) in [7, 11) is 0. The van der Waals surface area contributed by atoms with Crippen LogP contribution < -0.4 is 5.32 Å². The van der Waals surface area contributed by atoms with E-state index in [0.717, 1.165) is 5.82 Å². The number of aryl methyl sites for hydroxylation is 1. The van der Waals surface area contributed by atoms with Crippen LogP contribution in [0.2, 0.25) is 0 Å². The first-order valence-electron chi connectivity index (χ1n) is 5.88. The van der Waals surface area contributed by atoms with Gasteiger partial charge in [-0.05, 0) is 19.1 Å². The third-order valence-electron chi connectivity index (χ3n) is 2.72. The van der Waals surface area contributed by atoms with Crippen LogP contribution in [0.4, 0.5) is 5.69 Å². The van der Waals surface area contributed by atoms with Gasteiger partial charge in [0.1, 0.15) is 12.2 Å². The monoisotopic (exact) mass is 269 g/mol. The molecule has 0 fully saturated rings. The average molecular weight is 269 g/mol. The van der Waals surface area contributed by atoms with Gasteiger partial charge >= 0.3 is 0 Å². The number of H-pyrrole nitrogens is 1. The molecular formula is C12H11N7O. The van der Waals surface area contributed by atoms with Crippen LogP contribution in [-0.4, -0.2) is 35.6 Å². The van der Waals surface area contributed by atoms with Gasteiger partial charge in [-0.25, -0.2) is 15.0 Å². The molecule has 0 atom stereocenters. The zero-order valence-electron chi connectivity index (χ0n) is 10.6. The number of anilines is 1. The highest BCUT2D eigenvalue weighted by Gasteiger charge is 2.13. The van der Waals surface area contributed by atoms with E-state index < -0.39 is 0 Å². The lowest BCUT2D eigenvalue weighted by Gasteiger charge is -2.10. The molecule has 2 N–H and O–H groups in total. The first-order chi connectivity index (χ1) is 9.75. The molecule has 0 saturated carbocycles. The fourth-order valence-electron chi connectivity index (χ4n) is 1.78. The molecule has 0 aliphatic rings. The van der Waals surface area contributed by atoms with Gasteiger partial charge in [0.25, 0.3) is 5.91 Å². The van der Waals surface area contributed by atoms with E-state index in [0.29, 0.717) is 11.5 Å². The summed E-state index contributed by atoms with van der Waals surface area (Å²) < 4.78 is 1.79. The lowest BCUT2D eigenvalue weighted by Crippen LogP contribution is -2.16. The van der Waals surface area contributed by atoms with E-state index in [1.165, 1.54) is 6.33 Å². The maximum absolute atomic E-state index is 12.0. The lowest BCUT2D eigenvalue weighted by atomic mass is 10.3. The molecule has 100 valence electrons. The van der Waals surface area contributed by atoms with Crippen molar-refractivity contribution in [1.29, 1.82) is 0 Å². The molecule has 0 aliphatic heterocycles. The van der Waals surface area contributed by atoms with E-state index in [9.17, 15) is 4.79 Å². The zero-order chi connectivity index (χ0) is 13.9. The summed E-state index contributed by atoms with van der Waals surface area (Å²) in [6.45, 7) is 1.86. The van der Waals surface area contributed by atoms with Crippen LogP contribution in [0, 0.1) is 6.92 Å². The minimum atomic E-state index is -0.380. The van der Waals surface area contributed by atoms with E-state index in [-0.39, 0.29) is 11.7 Å². The first-order valence-corrected chi connectivity index (χ1v) is 5.88. The Bertz CT molecular complexity index is 732. The minimum Gasteiger partial charge on any atom is -0.316 e. The van der Waals surface area contributed by atoms with Crippen molar-refractivity contribution in [2.24, 2.45) is 0 Å². The van der Waals surface area contributed by atoms with E-state index in [1.807, 2.05) is 6.92 Å². The lowest BCUT2D eigenvalue weighted by molar-refractivity contribution is 0.101. The van der Waals surface area contributed by atoms with Crippen LogP contribution in [0.5, 0.6) is 0 Å². The zero-order valence-corrected chi connectivity index (χ0v) is 10.6. The largest absolute Gasteiger partial charge is 0.316 e. The fraction of sp³-hybridized carbons (Fsp3) is 0.0833. The summed E-state index contributed by atoms with van der Waals surface area (Å²) in [5.74, 6) is 1.13. The Labute approximate surface area is 113 Å². The second-order valence-corrected chi connectivity index (χ2v) is 4.01. The molecule has 0 unspecified atom stereocenters. The molecule has 0 aromatic carbocycles. The molecule has 0 saturated heterocycles. The van der Waals surface area contributed by atoms with Gasteiger partial charge in [-0.3, -0.25) is 14.5 Å². The van der Waals surface area contributed by atoms with Gasteiger partial charge in [0, 0.05) is 18.6 Å². The second-order valence-electron chi connectivity index (χ2n) is 4.01. The van der Waals surface area contributed by atoms with Gasteiger partial charge in [0.05, 0.1) is 5.69 Å². The van der Waals surface area contributed by atoms with Crippen LogP contribution in [-0.2, 0) is 0 Å². The maximum atomic E-state index is 12.0. The Kier molecular flexibility index (Phi) is 2.96. The molecule has 20 heavy (non-hydrogen) atoms. The summed E-state index contributed by atoms with van der Waals surface area (Å²) in [5, 5.41) is 8.90. The molecule has 1 amide bonds. The van der Waals surface area contributed by atoms with Crippen LogP contribution >= 0.6 is 0 Å². The molecule has 3 aromatic heterocycles. The third kappa shape index (κ3) is 2.14. The van der Waals surface area contributed by atoms with Crippen LogP contribution in [0.25, 0.3) is 5.82 Å². The van der Waals surface area contributed by atoms with E-state index in [4.69, 9.17) is 0 Å². The molecule has 3 heterocycles. The van der Waals surface area contributed by atoms with Gasteiger partial charge in [0.15, 0.2) is 5.82 Å². The predicted octanol–water partition coefficient (Wildman–Crippen LogP) is 0.946. The number of carbonyl (C=O) groups excluding carboxylic acids is 1. The van der Waals surface area contributed by atoms with Crippen molar-refractivity contribution >= 4 is 11.6 Å². The van der Waals surface area contributed by atoms with Crippen molar-refractivity contribution in [1.82, 2.24) is 29.7 Å². The average Bonchev–Trinajstić information content (AvgIpc) is 3.10. The molecular weight excluding hydrogens is 258 g/mol. The number of imidazole rings is 1. The smallest absolute Gasteiger partial charge is 0.293 e. The predicted molar refractivity (Wildman–Crippen MR) is 70.4 cm³/mol. The number of hydrogen-bond donors (Lipinski definition) is 2. The molecule has 8 heteroatoms. The van der Waals surface area contributed by atoms with Gasteiger partial charge in [-0.15, -0.1) is 0 Å². The first kappa shape index (κ1) is 12.0. The molecule has 3 rings (SSSR count). The highest BCUT2D eigenvalue weighted by molar-refractivity contribution is 6.02. The van der Waals surface area contributed by atoms with Crippen molar-refractivity contribution in [3.63, 3.8) is 0 Å². The van der Waals surface area contributed by atoms with Crippen LogP contribution in [0.3, 0.4) is 0 Å². The van der Waals surface area contributed by atoms with Crippen molar-refractivity contribution in [2.75, 3.05) is 5.32 Å². The minimum absolute atomic E-state index is 0.141. The fourth-order valence-corrected chi connectivity index (χ4v) is 1.78. The summed E-state index contributed by atoms with van der Waals surface area (Å²) in [4.78, 5) is 24.2. The summed E-state index contributed by atoms with van der Waals surface area (Å²) in [6.07, 6.45) is 6.38. The number of hydrogen-bond acceptors (Lipinski definition) is 5. The van der Waals surface area contributed by atoms with E-state index in [1.54, 1.807) is 35.3 Å². The highest BCUT2D eigenvalue weighted by atomic mass is 16.2. The van der Waals surface area contributed by atoms with Crippen molar-refractivity contribution in [2.45, 2.75) is 6.92 Å². The molecule has 0 spiro atoms. The number of carbonyl (C=O) groups is 1. The molecule has 0 bridgehead atoms. The number of amides is 1. The van der Waals surface area contributed by atoms with Crippen molar-refractivity contribution in [3.8, 4) is 5.82 Å². The molecule has 0 radical (unpaired) electrons. The molecule has 8 nitrogen and oxygen atoms in total. The number of pyridine rings is 1. The summed E-state index contributed by atoms with van der Waals surface area (Å²) in [6, 6.07) is 3.50. The number of rotatable bonds is 3. The topological polar surface area (TPSA) is 101 Å². The SMILES string of the molecule is Cc1nccn1-c1ncccc1NC(=O)c1ncn[nH]1. The van der Waals surface area contributed by atoms with E-state index >= 15 is 0 Å². The number of aromatic amines is 1. The standard InChI is InChI=1S/C12H11N7O/c1-8-13-5-6-19(8)11-9(3-2-4-14-11)17-12(20)10-15-7-16-18-10/h2-7H,1H3,(H,17,20)(H,15,16,18). The van der Waals surface area contributed by atoms with Gasteiger partial charge in [-0.1, -0.05) is 0 Å². The normalized spacial score (nSPS) is 10.4. The van der Waals surface area contributed by atoms with Crippen molar-refractivity contribution in [3.05, 3.63) is 48.7 Å².